The van der Waals surface area contributed by atoms with Crippen molar-refractivity contribution in [2.24, 2.45) is 0 Å². The van der Waals surface area contributed by atoms with E-state index < -0.39 is 0 Å². The molecular formula is C51H66N6. The van der Waals surface area contributed by atoms with Crippen molar-refractivity contribution < 1.29 is 0 Å². The van der Waals surface area contributed by atoms with Crippen LogP contribution in [0.15, 0.2) is 128 Å². The van der Waals surface area contributed by atoms with Crippen LogP contribution in [0.5, 0.6) is 0 Å². The minimum absolute atomic E-state index is 0.981. The van der Waals surface area contributed by atoms with E-state index in [1.165, 1.54) is 16.5 Å². The number of aromatic nitrogens is 6. The lowest BCUT2D eigenvalue weighted by atomic mass is 10.1. The molecule has 9 aromatic rings. The zero-order valence-electron chi connectivity index (χ0n) is 37.3. The van der Waals surface area contributed by atoms with Crippen molar-refractivity contribution in [3.63, 3.8) is 0 Å². The zero-order valence-corrected chi connectivity index (χ0v) is 37.3. The smallest absolute Gasteiger partial charge is 0.0967 e. The van der Waals surface area contributed by atoms with Crippen molar-refractivity contribution in [1.82, 2.24) is 29.9 Å². The Bertz CT molecular complexity index is 2450. The van der Waals surface area contributed by atoms with Crippen LogP contribution in [0.25, 0.3) is 65.4 Å². The van der Waals surface area contributed by atoms with Crippen LogP contribution < -0.4 is 0 Å². The van der Waals surface area contributed by atoms with Crippen molar-refractivity contribution in [3.8, 4) is 0 Å². The molecule has 0 saturated heterocycles. The Hall–Kier alpha value is -5.88. The standard InChI is InChI=1S/3C13H10N2.6C2H6/c1-9-4-5-11-7-6-10-3-2-8-14-12(10)13(11)15-9;1-9-6-8-15-13-11(9)5-4-10-3-2-7-14-12(10)13;1-9-7-11-5-4-10-3-2-6-14-12(10)13(11)15-8-9;6*1-2/h3*2-8H,1H3;6*1-2H3. The number of aryl methyl sites for hydroxylation is 3. The molecule has 0 aliphatic heterocycles. The molecule has 6 nitrogen and oxygen atoms in total. The van der Waals surface area contributed by atoms with Gasteiger partial charge >= 0.3 is 0 Å². The van der Waals surface area contributed by atoms with E-state index in [0.717, 1.165) is 65.7 Å². The fourth-order valence-electron chi connectivity index (χ4n) is 5.56. The van der Waals surface area contributed by atoms with E-state index in [-0.39, 0.29) is 0 Å². The summed E-state index contributed by atoms with van der Waals surface area (Å²) in [5.41, 5.74) is 9.37. The molecule has 6 heterocycles. The summed E-state index contributed by atoms with van der Waals surface area (Å²) >= 11 is 0. The summed E-state index contributed by atoms with van der Waals surface area (Å²) in [4.78, 5) is 26.5. The van der Waals surface area contributed by atoms with E-state index in [1.54, 1.807) is 0 Å². The highest BCUT2D eigenvalue weighted by Crippen LogP contribution is 2.24. The third-order valence-electron chi connectivity index (χ3n) is 7.83. The molecule has 0 radical (unpaired) electrons. The monoisotopic (exact) mass is 763 g/mol. The van der Waals surface area contributed by atoms with Crippen LogP contribution in [0.1, 0.15) is 99.9 Å². The van der Waals surface area contributed by atoms with Gasteiger partial charge in [0.25, 0.3) is 0 Å². The van der Waals surface area contributed by atoms with Gasteiger partial charge in [-0.15, -0.1) is 0 Å². The number of fused-ring (bicyclic) bond motifs is 9. The first-order valence-electron chi connectivity index (χ1n) is 20.9. The van der Waals surface area contributed by atoms with E-state index in [9.17, 15) is 0 Å². The number of hydrogen-bond donors (Lipinski definition) is 0. The van der Waals surface area contributed by atoms with Gasteiger partial charge in [0.1, 0.15) is 0 Å². The number of rotatable bonds is 0. The Morgan fingerprint density at radius 1 is 0.333 bits per heavy atom. The summed E-state index contributed by atoms with van der Waals surface area (Å²) < 4.78 is 0. The summed E-state index contributed by atoms with van der Waals surface area (Å²) in [7, 11) is 0. The fraction of sp³-hybridized carbons (Fsp3) is 0.294. The molecule has 57 heavy (non-hydrogen) atoms. The van der Waals surface area contributed by atoms with Crippen molar-refractivity contribution in [2.75, 3.05) is 0 Å². The summed E-state index contributed by atoms with van der Waals surface area (Å²) in [5, 5.41) is 6.91. The second-order valence-electron chi connectivity index (χ2n) is 11.1. The molecule has 0 fully saturated rings. The molecule has 0 N–H and O–H groups in total. The minimum atomic E-state index is 0.981. The molecule has 0 aliphatic rings. The van der Waals surface area contributed by atoms with Crippen LogP contribution in [-0.2, 0) is 0 Å². The lowest BCUT2D eigenvalue weighted by Crippen LogP contribution is -1.86. The number of pyridine rings is 6. The maximum Gasteiger partial charge on any atom is 0.0967 e. The first-order chi connectivity index (χ1) is 28.0. The summed E-state index contributed by atoms with van der Waals surface area (Å²) in [6, 6.07) is 32.9. The van der Waals surface area contributed by atoms with E-state index in [0.29, 0.717) is 0 Å². The summed E-state index contributed by atoms with van der Waals surface area (Å²) in [6.45, 7) is 30.1. The van der Waals surface area contributed by atoms with Gasteiger partial charge in [-0.2, -0.15) is 0 Å². The molecule has 0 saturated carbocycles. The average molecular weight is 763 g/mol. The third kappa shape index (κ3) is 13.1. The van der Waals surface area contributed by atoms with Crippen LogP contribution in [0.4, 0.5) is 0 Å². The molecule has 3 aromatic carbocycles. The Balaban J connectivity index is 0.000000377. The van der Waals surface area contributed by atoms with Gasteiger partial charge in [-0.1, -0.05) is 144 Å². The highest BCUT2D eigenvalue weighted by Gasteiger charge is 2.05. The molecule has 0 aliphatic carbocycles. The van der Waals surface area contributed by atoms with Gasteiger partial charge in [-0.25, -0.2) is 0 Å². The first-order valence-corrected chi connectivity index (χ1v) is 20.9. The molecule has 6 heteroatoms. The maximum atomic E-state index is 4.54. The molecule has 0 atom stereocenters. The van der Waals surface area contributed by atoms with Gasteiger partial charge in [0, 0.05) is 69.0 Å². The van der Waals surface area contributed by atoms with E-state index >= 15 is 0 Å². The molecular weight excluding hydrogens is 697 g/mol. The van der Waals surface area contributed by atoms with E-state index in [4.69, 9.17) is 0 Å². The number of hydrogen-bond acceptors (Lipinski definition) is 6. The molecule has 9 rings (SSSR count). The van der Waals surface area contributed by atoms with Gasteiger partial charge < -0.3 is 0 Å². The van der Waals surface area contributed by atoms with E-state index in [2.05, 4.69) is 110 Å². The lowest BCUT2D eigenvalue weighted by Gasteiger charge is -2.03. The highest BCUT2D eigenvalue weighted by molar-refractivity contribution is 6.04. The lowest BCUT2D eigenvalue weighted by molar-refractivity contribution is 1.25. The predicted molar refractivity (Wildman–Crippen MR) is 253 cm³/mol. The van der Waals surface area contributed by atoms with Gasteiger partial charge in [-0.3, -0.25) is 29.9 Å². The topological polar surface area (TPSA) is 77.3 Å². The maximum absolute atomic E-state index is 4.54. The second-order valence-corrected chi connectivity index (χ2v) is 11.1. The van der Waals surface area contributed by atoms with Crippen molar-refractivity contribution >= 4 is 65.4 Å². The molecule has 0 unspecified atom stereocenters. The van der Waals surface area contributed by atoms with Crippen molar-refractivity contribution in [3.05, 3.63) is 145 Å². The Kier molecular flexibility index (Phi) is 23.8. The molecule has 0 spiro atoms. The van der Waals surface area contributed by atoms with Gasteiger partial charge in [0.2, 0.25) is 0 Å². The normalized spacial score (nSPS) is 9.32. The minimum Gasteiger partial charge on any atom is -0.254 e. The number of nitrogens with zero attached hydrogens (tertiary/aromatic N) is 6. The van der Waals surface area contributed by atoms with Gasteiger partial charge in [0.15, 0.2) is 0 Å². The molecule has 6 aromatic heterocycles. The fourth-order valence-corrected chi connectivity index (χ4v) is 5.56. The first kappa shape index (κ1) is 49.1. The Morgan fingerprint density at radius 2 is 0.719 bits per heavy atom. The Morgan fingerprint density at radius 3 is 1.25 bits per heavy atom. The van der Waals surface area contributed by atoms with Crippen LogP contribution in [0.2, 0.25) is 0 Å². The average Bonchev–Trinajstić information content (AvgIpc) is 3.30. The molecule has 300 valence electrons. The largest absolute Gasteiger partial charge is 0.254 e. The van der Waals surface area contributed by atoms with Crippen LogP contribution in [0, 0.1) is 20.8 Å². The summed E-state index contributed by atoms with van der Waals surface area (Å²) in [6.07, 6.45) is 9.16. The van der Waals surface area contributed by atoms with Crippen LogP contribution >= 0.6 is 0 Å². The third-order valence-corrected chi connectivity index (χ3v) is 7.83. The van der Waals surface area contributed by atoms with Gasteiger partial charge in [0.05, 0.1) is 33.1 Å². The van der Waals surface area contributed by atoms with Crippen molar-refractivity contribution in [1.29, 1.82) is 0 Å². The quantitative estimate of drug-likeness (QED) is 0.143. The second kappa shape index (κ2) is 27.7. The van der Waals surface area contributed by atoms with E-state index in [1.807, 2.05) is 151 Å². The SMILES string of the molecule is CC.CC.CC.CC.CC.CC.Cc1ccc2ccc3cccnc3c2n1.Cc1ccnc2c1ccc1cccnc12.Cc1cnc2c(ccc3cccnc32)c1. The predicted octanol–water partition coefficient (Wildman–Crippen LogP) is 15.4. The molecule has 0 bridgehead atoms. The van der Waals surface area contributed by atoms with Gasteiger partial charge in [-0.05, 0) is 68.3 Å². The highest BCUT2D eigenvalue weighted by atomic mass is 14.8. The summed E-state index contributed by atoms with van der Waals surface area (Å²) in [5.74, 6) is 0. The van der Waals surface area contributed by atoms with Crippen molar-refractivity contribution in [2.45, 2.75) is 104 Å². The number of benzene rings is 3. The Labute approximate surface area is 342 Å². The van der Waals surface area contributed by atoms with Crippen LogP contribution in [0.3, 0.4) is 0 Å². The zero-order chi connectivity index (χ0) is 42.8. The van der Waals surface area contributed by atoms with Crippen LogP contribution in [-0.4, -0.2) is 29.9 Å². The molecule has 0 amide bonds.